The van der Waals surface area contributed by atoms with Gasteiger partial charge < -0.3 is 16.3 Å². The lowest BCUT2D eigenvalue weighted by Crippen LogP contribution is -2.45. The minimum Gasteiger partial charge on any atom is -0.409 e. The number of nitrogens with one attached hydrogen (secondary N) is 1. The number of hydrogen-bond donors (Lipinski definition) is 3. The van der Waals surface area contributed by atoms with E-state index >= 15 is 0 Å². The number of benzene rings is 1. The first-order chi connectivity index (χ1) is 10.2. The molecule has 5 heteroatoms. The van der Waals surface area contributed by atoms with Crippen molar-refractivity contribution in [3.05, 3.63) is 35.4 Å². The van der Waals surface area contributed by atoms with Gasteiger partial charge in [0.15, 0.2) is 5.84 Å². The Bertz CT molecular complexity index is 528. The van der Waals surface area contributed by atoms with Crippen LogP contribution >= 0.6 is 0 Å². The SMILES string of the molecule is CCCC(C(=O)NC1CCc2ccccc2C1)C(N)=NO. The molecule has 2 unspecified atom stereocenters. The smallest absolute Gasteiger partial charge is 0.231 e. The number of amidine groups is 1. The highest BCUT2D eigenvalue weighted by Gasteiger charge is 2.26. The maximum absolute atomic E-state index is 12.3. The molecule has 0 aliphatic heterocycles. The Labute approximate surface area is 125 Å². The molecule has 4 N–H and O–H groups in total. The normalized spacial score (nSPS) is 19.7. The van der Waals surface area contributed by atoms with Crippen molar-refractivity contribution >= 4 is 11.7 Å². The Kier molecular flexibility index (Phi) is 5.20. The van der Waals surface area contributed by atoms with E-state index in [-0.39, 0.29) is 17.8 Å². The fourth-order valence-corrected chi connectivity index (χ4v) is 2.89. The first-order valence-corrected chi connectivity index (χ1v) is 7.50. The highest BCUT2D eigenvalue weighted by atomic mass is 16.4. The summed E-state index contributed by atoms with van der Waals surface area (Å²) in [4.78, 5) is 12.3. The molecule has 0 spiro atoms. The summed E-state index contributed by atoms with van der Waals surface area (Å²) in [6, 6.07) is 8.45. The minimum absolute atomic E-state index is 0.00874. The number of oxime groups is 1. The number of aryl methyl sites for hydroxylation is 1. The summed E-state index contributed by atoms with van der Waals surface area (Å²) < 4.78 is 0. The number of amides is 1. The number of rotatable bonds is 5. The Morgan fingerprint density at radius 1 is 1.48 bits per heavy atom. The zero-order chi connectivity index (χ0) is 15.2. The molecule has 0 saturated heterocycles. The molecule has 0 heterocycles. The number of carbonyl (C=O) groups excluding carboxylic acids is 1. The van der Waals surface area contributed by atoms with E-state index in [0.29, 0.717) is 6.42 Å². The number of hydrogen-bond acceptors (Lipinski definition) is 3. The van der Waals surface area contributed by atoms with Crippen LogP contribution in [0.4, 0.5) is 0 Å². The van der Waals surface area contributed by atoms with E-state index in [2.05, 4.69) is 22.6 Å². The molecule has 2 rings (SSSR count). The Morgan fingerprint density at radius 3 is 2.86 bits per heavy atom. The summed E-state index contributed by atoms with van der Waals surface area (Å²) >= 11 is 0. The van der Waals surface area contributed by atoms with Crippen LogP contribution in [0.1, 0.15) is 37.3 Å². The van der Waals surface area contributed by atoms with Crippen LogP contribution in [0.25, 0.3) is 0 Å². The molecule has 1 amide bonds. The quantitative estimate of drug-likeness (QED) is 0.334. The molecule has 0 saturated carbocycles. The predicted octanol–water partition coefficient (Wildman–Crippen LogP) is 1.82. The number of carbonyl (C=O) groups is 1. The van der Waals surface area contributed by atoms with Gasteiger partial charge in [-0.3, -0.25) is 4.79 Å². The Balaban J connectivity index is 2.00. The fourth-order valence-electron chi connectivity index (χ4n) is 2.89. The standard InChI is InChI=1S/C16H23N3O2/c1-2-5-14(15(17)19-21)16(20)18-13-9-8-11-6-3-4-7-12(11)10-13/h3-4,6-7,13-14,21H,2,5,8-10H2,1H3,(H2,17,19)(H,18,20). The number of fused-ring (bicyclic) bond motifs is 1. The second-order valence-corrected chi connectivity index (χ2v) is 5.58. The zero-order valence-corrected chi connectivity index (χ0v) is 12.4. The molecule has 0 fully saturated rings. The van der Waals surface area contributed by atoms with Crippen LogP contribution < -0.4 is 11.1 Å². The van der Waals surface area contributed by atoms with Crippen LogP contribution in [-0.2, 0) is 17.6 Å². The van der Waals surface area contributed by atoms with Crippen LogP contribution in [-0.4, -0.2) is 23.0 Å². The lowest BCUT2D eigenvalue weighted by molar-refractivity contribution is -0.124. The lowest BCUT2D eigenvalue weighted by Gasteiger charge is -2.27. The summed E-state index contributed by atoms with van der Waals surface area (Å²) in [5, 5.41) is 14.8. The molecule has 5 nitrogen and oxygen atoms in total. The molecule has 1 aliphatic rings. The van der Waals surface area contributed by atoms with E-state index in [0.717, 1.165) is 25.7 Å². The van der Waals surface area contributed by atoms with Gasteiger partial charge >= 0.3 is 0 Å². The average molecular weight is 289 g/mol. The Hall–Kier alpha value is -2.04. The molecule has 2 atom stereocenters. The van der Waals surface area contributed by atoms with Crippen LogP contribution in [0.15, 0.2) is 29.4 Å². The van der Waals surface area contributed by atoms with Gasteiger partial charge in [0.05, 0.1) is 5.92 Å². The second kappa shape index (κ2) is 7.11. The van der Waals surface area contributed by atoms with Gasteiger partial charge in [0.2, 0.25) is 5.91 Å². The number of nitrogens with two attached hydrogens (primary N) is 1. The van der Waals surface area contributed by atoms with Crippen molar-refractivity contribution in [2.24, 2.45) is 16.8 Å². The average Bonchev–Trinajstić information content (AvgIpc) is 2.51. The van der Waals surface area contributed by atoms with E-state index in [4.69, 9.17) is 10.9 Å². The van der Waals surface area contributed by atoms with Crippen molar-refractivity contribution in [2.75, 3.05) is 0 Å². The largest absolute Gasteiger partial charge is 0.409 e. The minimum atomic E-state index is -0.544. The third-order valence-electron chi connectivity index (χ3n) is 4.06. The van der Waals surface area contributed by atoms with E-state index in [1.165, 1.54) is 11.1 Å². The van der Waals surface area contributed by atoms with Gasteiger partial charge in [-0.2, -0.15) is 0 Å². The van der Waals surface area contributed by atoms with Crippen LogP contribution in [0.5, 0.6) is 0 Å². The molecular formula is C16H23N3O2. The van der Waals surface area contributed by atoms with Crippen molar-refractivity contribution in [1.82, 2.24) is 5.32 Å². The maximum Gasteiger partial charge on any atom is 0.231 e. The molecule has 0 radical (unpaired) electrons. The van der Waals surface area contributed by atoms with E-state index in [1.807, 2.05) is 19.1 Å². The molecule has 1 aromatic carbocycles. The van der Waals surface area contributed by atoms with Gasteiger partial charge in [-0.1, -0.05) is 42.8 Å². The lowest BCUT2D eigenvalue weighted by atomic mass is 9.88. The van der Waals surface area contributed by atoms with Crippen LogP contribution in [0.2, 0.25) is 0 Å². The molecule has 0 aromatic heterocycles. The Morgan fingerprint density at radius 2 is 2.19 bits per heavy atom. The third-order valence-corrected chi connectivity index (χ3v) is 4.06. The summed E-state index contributed by atoms with van der Waals surface area (Å²) in [6.45, 7) is 1.97. The molecule has 1 aliphatic carbocycles. The predicted molar refractivity (Wildman–Crippen MR) is 82.2 cm³/mol. The highest BCUT2D eigenvalue weighted by molar-refractivity contribution is 6.02. The van der Waals surface area contributed by atoms with Crippen LogP contribution in [0, 0.1) is 5.92 Å². The van der Waals surface area contributed by atoms with E-state index < -0.39 is 5.92 Å². The molecule has 21 heavy (non-hydrogen) atoms. The zero-order valence-electron chi connectivity index (χ0n) is 12.4. The third kappa shape index (κ3) is 3.74. The van der Waals surface area contributed by atoms with E-state index in [9.17, 15) is 4.79 Å². The van der Waals surface area contributed by atoms with Crippen molar-refractivity contribution in [1.29, 1.82) is 0 Å². The second-order valence-electron chi connectivity index (χ2n) is 5.58. The van der Waals surface area contributed by atoms with Gasteiger partial charge in [0.25, 0.3) is 0 Å². The fraction of sp³-hybridized carbons (Fsp3) is 0.500. The molecule has 1 aromatic rings. The summed E-state index contributed by atoms with van der Waals surface area (Å²) in [6.07, 6.45) is 4.14. The molecule has 114 valence electrons. The van der Waals surface area contributed by atoms with E-state index in [1.54, 1.807) is 0 Å². The first kappa shape index (κ1) is 15.4. The maximum atomic E-state index is 12.3. The monoisotopic (exact) mass is 289 g/mol. The van der Waals surface area contributed by atoms with Crippen molar-refractivity contribution in [2.45, 2.75) is 45.1 Å². The van der Waals surface area contributed by atoms with Gasteiger partial charge in [0.1, 0.15) is 0 Å². The number of nitrogens with zero attached hydrogens (tertiary/aromatic N) is 1. The van der Waals surface area contributed by atoms with Gasteiger partial charge in [0, 0.05) is 6.04 Å². The van der Waals surface area contributed by atoms with Crippen molar-refractivity contribution in [3.63, 3.8) is 0 Å². The summed E-state index contributed by atoms with van der Waals surface area (Å²) in [7, 11) is 0. The summed E-state index contributed by atoms with van der Waals surface area (Å²) in [5.74, 6) is -0.695. The van der Waals surface area contributed by atoms with Gasteiger partial charge in [-0.15, -0.1) is 0 Å². The topological polar surface area (TPSA) is 87.7 Å². The van der Waals surface area contributed by atoms with Crippen LogP contribution in [0.3, 0.4) is 0 Å². The molecular weight excluding hydrogens is 266 g/mol. The molecule has 0 bridgehead atoms. The van der Waals surface area contributed by atoms with Gasteiger partial charge in [-0.05, 0) is 36.8 Å². The highest BCUT2D eigenvalue weighted by Crippen LogP contribution is 2.21. The first-order valence-electron chi connectivity index (χ1n) is 7.50. The summed E-state index contributed by atoms with van der Waals surface area (Å²) in [5.41, 5.74) is 8.29. The van der Waals surface area contributed by atoms with Crippen molar-refractivity contribution < 1.29 is 10.0 Å². The van der Waals surface area contributed by atoms with Crippen molar-refractivity contribution in [3.8, 4) is 0 Å². The van der Waals surface area contributed by atoms with Gasteiger partial charge in [-0.25, -0.2) is 0 Å².